The average molecular weight is 659 g/mol. The molecule has 0 N–H and O–H groups in total. The van der Waals surface area contributed by atoms with E-state index in [0.717, 1.165) is 14.7 Å². The van der Waals surface area contributed by atoms with E-state index in [0.29, 0.717) is 11.5 Å². The summed E-state index contributed by atoms with van der Waals surface area (Å²) in [5, 5.41) is 0. The van der Waals surface area contributed by atoms with Crippen LogP contribution in [0, 0.1) is 0 Å². The minimum Gasteiger partial charge on any atom is -0.426 e. The number of rotatable bonds is 7. The molecule has 31 heavy (non-hydrogen) atoms. The highest BCUT2D eigenvalue weighted by Gasteiger charge is 2.33. The molecule has 2 unspecified atom stereocenters. The summed E-state index contributed by atoms with van der Waals surface area (Å²) in [5.74, 6) is 0.0529. The molecular formula is C24H21I2O4S+. The van der Waals surface area contributed by atoms with Gasteiger partial charge in [-0.25, -0.2) is 0 Å². The molecule has 0 radical (unpaired) electrons. The Kier molecular flexibility index (Phi) is 8.79. The van der Waals surface area contributed by atoms with E-state index in [9.17, 15) is 9.59 Å². The van der Waals surface area contributed by atoms with Crippen molar-refractivity contribution in [1.29, 1.82) is 0 Å². The molecule has 0 bridgehead atoms. The van der Waals surface area contributed by atoms with Gasteiger partial charge in [0.1, 0.15) is 24.5 Å². The quantitative estimate of drug-likeness (QED) is 0.0992. The van der Waals surface area contributed by atoms with E-state index >= 15 is 0 Å². The van der Waals surface area contributed by atoms with Crippen LogP contribution < -0.4 is 9.47 Å². The largest absolute Gasteiger partial charge is 0.426 e. The monoisotopic (exact) mass is 659 g/mol. The first kappa shape index (κ1) is 24.1. The molecule has 4 nitrogen and oxygen atoms in total. The number of carbonyl (C=O) groups is 2. The van der Waals surface area contributed by atoms with Crippen molar-refractivity contribution in [3.8, 4) is 11.5 Å². The van der Waals surface area contributed by atoms with Crippen LogP contribution in [-0.4, -0.2) is 19.8 Å². The SMILES string of the molecule is CC(I)C(=O)Oc1ccc([S+](c2ccccc2)c2ccccc2)c(OC(=O)C(C)I)c1. The third-order valence-electron chi connectivity index (χ3n) is 4.17. The number of benzene rings is 3. The molecule has 7 heteroatoms. The number of ether oxygens (including phenoxy) is 2. The molecule has 0 aliphatic heterocycles. The fourth-order valence-corrected chi connectivity index (χ4v) is 5.09. The fraction of sp³-hybridized carbons (Fsp3) is 0.167. The second kappa shape index (κ2) is 11.3. The van der Waals surface area contributed by atoms with Gasteiger partial charge in [-0.05, 0) is 44.2 Å². The number of esters is 2. The van der Waals surface area contributed by atoms with Gasteiger partial charge in [-0.15, -0.1) is 0 Å². The smallest absolute Gasteiger partial charge is 0.324 e. The first-order valence-corrected chi connectivity index (χ1v) is 13.3. The van der Waals surface area contributed by atoms with Gasteiger partial charge in [-0.3, -0.25) is 9.59 Å². The van der Waals surface area contributed by atoms with Gasteiger partial charge in [0.05, 0.1) is 0 Å². The lowest BCUT2D eigenvalue weighted by atomic mass is 10.3. The van der Waals surface area contributed by atoms with Crippen molar-refractivity contribution < 1.29 is 19.1 Å². The summed E-state index contributed by atoms with van der Waals surface area (Å²) in [7, 11) is -0.507. The van der Waals surface area contributed by atoms with Gasteiger partial charge in [0, 0.05) is 12.1 Å². The number of hydrogen-bond donors (Lipinski definition) is 0. The van der Waals surface area contributed by atoms with Gasteiger partial charge < -0.3 is 9.47 Å². The summed E-state index contributed by atoms with van der Waals surface area (Å²) in [5.41, 5.74) is 0. The van der Waals surface area contributed by atoms with Crippen molar-refractivity contribution in [2.45, 2.75) is 36.4 Å². The van der Waals surface area contributed by atoms with E-state index in [1.165, 1.54) is 0 Å². The summed E-state index contributed by atoms with van der Waals surface area (Å²) in [4.78, 5) is 27.6. The van der Waals surface area contributed by atoms with Crippen molar-refractivity contribution in [2.24, 2.45) is 0 Å². The third-order valence-corrected chi connectivity index (χ3v) is 7.45. The summed E-state index contributed by atoms with van der Waals surface area (Å²) < 4.78 is 10.6. The van der Waals surface area contributed by atoms with Gasteiger partial charge in [-0.1, -0.05) is 81.6 Å². The topological polar surface area (TPSA) is 52.6 Å². The maximum Gasteiger partial charge on any atom is 0.324 e. The van der Waals surface area contributed by atoms with E-state index in [1.54, 1.807) is 26.0 Å². The number of alkyl halides is 2. The Morgan fingerprint density at radius 1 is 0.742 bits per heavy atom. The number of carbonyl (C=O) groups excluding carboxylic acids is 2. The molecule has 2 atom stereocenters. The molecular weight excluding hydrogens is 638 g/mol. The molecule has 0 fully saturated rings. The van der Waals surface area contributed by atoms with E-state index in [-0.39, 0.29) is 19.8 Å². The maximum absolute atomic E-state index is 12.5. The van der Waals surface area contributed by atoms with Crippen molar-refractivity contribution in [1.82, 2.24) is 0 Å². The number of hydrogen-bond acceptors (Lipinski definition) is 4. The van der Waals surface area contributed by atoms with E-state index in [1.807, 2.05) is 87.6 Å². The van der Waals surface area contributed by atoms with Crippen molar-refractivity contribution in [2.75, 3.05) is 0 Å². The second-order valence-electron chi connectivity index (χ2n) is 6.62. The molecule has 0 heterocycles. The van der Waals surface area contributed by atoms with Crippen molar-refractivity contribution in [3.63, 3.8) is 0 Å². The Morgan fingerprint density at radius 3 is 1.71 bits per heavy atom. The standard InChI is InChI=1S/C24H21I2O4S/c1-16(25)23(27)29-18-13-14-22(21(15-18)30-24(28)17(2)26)31(19-9-5-3-6-10-19)20-11-7-4-8-12-20/h3-17H,1-2H3/q+1. The molecule has 0 saturated carbocycles. The lowest BCUT2D eigenvalue weighted by Gasteiger charge is -2.14. The van der Waals surface area contributed by atoms with Crippen LogP contribution >= 0.6 is 45.2 Å². The van der Waals surface area contributed by atoms with E-state index in [4.69, 9.17) is 9.47 Å². The Bertz CT molecular complexity index is 1000. The fourth-order valence-electron chi connectivity index (χ4n) is 2.69. The average Bonchev–Trinajstić information content (AvgIpc) is 2.76. The molecule has 0 aliphatic rings. The normalized spacial score (nSPS) is 12.8. The lowest BCUT2D eigenvalue weighted by molar-refractivity contribution is -0.133. The van der Waals surface area contributed by atoms with Crippen LogP contribution in [0.3, 0.4) is 0 Å². The van der Waals surface area contributed by atoms with Crippen LogP contribution in [0.4, 0.5) is 0 Å². The predicted octanol–water partition coefficient (Wildman–Crippen LogP) is 6.24. The molecule has 3 aromatic carbocycles. The summed E-state index contributed by atoms with van der Waals surface area (Å²) in [6, 6.07) is 25.5. The molecule has 0 amide bonds. The Labute approximate surface area is 212 Å². The van der Waals surface area contributed by atoms with Crippen molar-refractivity contribution in [3.05, 3.63) is 78.9 Å². The van der Waals surface area contributed by atoms with Gasteiger partial charge in [-0.2, -0.15) is 0 Å². The van der Waals surface area contributed by atoms with Crippen LogP contribution in [0.1, 0.15) is 13.8 Å². The van der Waals surface area contributed by atoms with Crippen LogP contribution in [0.15, 0.2) is 93.5 Å². The zero-order valence-corrected chi connectivity index (χ0v) is 22.1. The highest BCUT2D eigenvalue weighted by molar-refractivity contribution is 14.1. The third kappa shape index (κ3) is 6.45. The Morgan fingerprint density at radius 2 is 1.23 bits per heavy atom. The lowest BCUT2D eigenvalue weighted by Crippen LogP contribution is -2.20. The molecule has 3 aromatic rings. The first-order chi connectivity index (χ1) is 14.9. The van der Waals surface area contributed by atoms with Gasteiger partial charge in [0.15, 0.2) is 15.5 Å². The molecule has 0 aromatic heterocycles. The minimum atomic E-state index is -0.507. The molecule has 0 saturated heterocycles. The molecule has 160 valence electrons. The van der Waals surface area contributed by atoms with E-state index < -0.39 is 10.9 Å². The summed E-state index contributed by atoms with van der Waals surface area (Å²) >= 11 is 4.03. The minimum absolute atomic E-state index is 0.291. The van der Waals surface area contributed by atoms with Crippen LogP contribution in [0.25, 0.3) is 0 Å². The van der Waals surface area contributed by atoms with Crippen molar-refractivity contribution >= 4 is 68.0 Å². The van der Waals surface area contributed by atoms with Crippen LogP contribution in [0.5, 0.6) is 11.5 Å². The summed E-state index contributed by atoms with van der Waals surface area (Å²) in [6.07, 6.45) is 0. The predicted molar refractivity (Wildman–Crippen MR) is 140 cm³/mol. The van der Waals surface area contributed by atoms with Gasteiger partial charge >= 0.3 is 11.9 Å². The molecule has 3 rings (SSSR count). The van der Waals surface area contributed by atoms with Gasteiger partial charge in [0.25, 0.3) is 0 Å². The Hall–Kier alpha value is -1.59. The van der Waals surface area contributed by atoms with Crippen LogP contribution in [0.2, 0.25) is 0 Å². The molecule has 0 aliphatic carbocycles. The number of halogens is 2. The highest BCUT2D eigenvalue weighted by atomic mass is 127. The second-order valence-corrected chi connectivity index (χ2v) is 12.3. The zero-order valence-electron chi connectivity index (χ0n) is 17.0. The molecule has 0 spiro atoms. The van der Waals surface area contributed by atoms with Crippen LogP contribution in [-0.2, 0) is 20.5 Å². The maximum atomic E-state index is 12.5. The zero-order chi connectivity index (χ0) is 22.4. The Balaban J connectivity index is 2.13. The highest BCUT2D eigenvalue weighted by Crippen LogP contribution is 2.39. The van der Waals surface area contributed by atoms with E-state index in [2.05, 4.69) is 24.3 Å². The first-order valence-electron chi connectivity index (χ1n) is 9.57. The summed E-state index contributed by atoms with van der Waals surface area (Å²) in [6.45, 7) is 3.54. The van der Waals surface area contributed by atoms with Gasteiger partial charge in [0.2, 0.25) is 4.90 Å².